The lowest BCUT2D eigenvalue weighted by Gasteiger charge is -2.33. The minimum Gasteiger partial charge on any atom is -0.396 e. The van der Waals surface area contributed by atoms with Gasteiger partial charge in [0.25, 0.3) is 0 Å². The molecule has 0 aromatic carbocycles. The summed E-state index contributed by atoms with van der Waals surface area (Å²) in [5, 5.41) is 12.2. The van der Waals surface area contributed by atoms with Crippen molar-refractivity contribution in [1.82, 2.24) is 5.32 Å². The summed E-state index contributed by atoms with van der Waals surface area (Å²) in [5.74, 6) is 0.103. The molecular weight excluding hydrogens is 204 g/mol. The lowest BCUT2D eigenvalue weighted by molar-refractivity contribution is -0.127. The van der Waals surface area contributed by atoms with Crippen LogP contribution < -0.4 is 11.1 Å². The van der Waals surface area contributed by atoms with Gasteiger partial charge in [0.05, 0.1) is 5.54 Å². The Morgan fingerprint density at radius 2 is 2.12 bits per heavy atom. The molecule has 0 aromatic heterocycles. The predicted molar refractivity (Wildman–Crippen MR) is 63.9 cm³/mol. The van der Waals surface area contributed by atoms with Crippen LogP contribution in [-0.2, 0) is 4.79 Å². The summed E-state index contributed by atoms with van der Waals surface area (Å²) in [6.45, 7) is 3.81. The summed E-state index contributed by atoms with van der Waals surface area (Å²) in [6, 6.07) is 0.0978. The van der Waals surface area contributed by atoms with Crippen molar-refractivity contribution in [1.29, 1.82) is 0 Å². The number of carbonyl (C=O) groups excluding carboxylic acids is 1. The van der Waals surface area contributed by atoms with Crippen LogP contribution in [0.15, 0.2) is 0 Å². The van der Waals surface area contributed by atoms with Crippen LogP contribution in [0.2, 0.25) is 0 Å². The average Bonchev–Trinajstić information content (AvgIpc) is 2.29. The second kappa shape index (κ2) is 5.64. The minimum atomic E-state index is -0.794. The molecule has 1 fully saturated rings. The van der Waals surface area contributed by atoms with E-state index in [0.29, 0.717) is 6.42 Å². The van der Waals surface area contributed by atoms with Crippen LogP contribution >= 0.6 is 0 Å². The molecule has 0 spiro atoms. The van der Waals surface area contributed by atoms with E-state index in [1.807, 2.05) is 6.92 Å². The summed E-state index contributed by atoms with van der Waals surface area (Å²) in [5.41, 5.74) is 5.09. The highest BCUT2D eigenvalue weighted by Crippen LogP contribution is 2.24. The zero-order chi connectivity index (χ0) is 12.2. The Kier molecular flexibility index (Phi) is 4.74. The van der Waals surface area contributed by atoms with Crippen molar-refractivity contribution >= 4 is 5.91 Å². The van der Waals surface area contributed by atoms with Crippen LogP contribution in [0, 0.1) is 5.92 Å². The number of nitrogens with two attached hydrogens (primary N) is 1. The zero-order valence-corrected chi connectivity index (χ0v) is 10.3. The highest BCUT2D eigenvalue weighted by atomic mass is 16.3. The fourth-order valence-electron chi connectivity index (χ4n) is 2.11. The lowest BCUT2D eigenvalue weighted by Crippen LogP contribution is -2.56. The van der Waals surface area contributed by atoms with E-state index in [1.165, 1.54) is 0 Å². The fraction of sp³-hybridized carbons (Fsp3) is 0.917. The summed E-state index contributed by atoms with van der Waals surface area (Å²) in [7, 11) is 0. The molecule has 16 heavy (non-hydrogen) atoms. The molecule has 0 heterocycles. The van der Waals surface area contributed by atoms with Gasteiger partial charge in [-0.2, -0.15) is 0 Å². The van der Waals surface area contributed by atoms with Gasteiger partial charge in [0.2, 0.25) is 5.91 Å². The molecule has 4 N–H and O–H groups in total. The highest BCUT2D eigenvalue weighted by molar-refractivity contribution is 5.85. The van der Waals surface area contributed by atoms with Gasteiger partial charge < -0.3 is 16.2 Å². The second-order valence-corrected chi connectivity index (χ2v) is 5.08. The lowest BCUT2D eigenvalue weighted by atomic mass is 9.84. The molecule has 4 heteroatoms. The maximum Gasteiger partial charge on any atom is 0.240 e. The van der Waals surface area contributed by atoms with Crippen molar-refractivity contribution in [3.63, 3.8) is 0 Å². The smallest absolute Gasteiger partial charge is 0.240 e. The molecule has 0 saturated heterocycles. The Morgan fingerprint density at radius 3 is 2.69 bits per heavy atom. The van der Waals surface area contributed by atoms with Crippen molar-refractivity contribution in [2.24, 2.45) is 11.7 Å². The van der Waals surface area contributed by atoms with Gasteiger partial charge >= 0.3 is 0 Å². The van der Waals surface area contributed by atoms with Crippen LogP contribution in [-0.4, -0.2) is 29.2 Å². The molecule has 3 atom stereocenters. The molecule has 1 saturated carbocycles. The van der Waals surface area contributed by atoms with Crippen molar-refractivity contribution in [3.8, 4) is 0 Å². The van der Waals surface area contributed by atoms with E-state index in [2.05, 4.69) is 5.32 Å². The quantitative estimate of drug-likeness (QED) is 0.665. The summed E-state index contributed by atoms with van der Waals surface area (Å²) in [4.78, 5) is 11.9. The molecule has 0 bridgehead atoms. The first-order valence-corrected chi connectivity index (χ1v) is 6.22. The first-order chi connectivity index (χ1) is 7.51. The molecule has 1 amide bonds. The van der Waals surface area contributed by atoms with Gasteiger partial charge in [0, 0.05) is 18.6 Å². The largest absolute Gasteiger partial charge is 0.396 e. The van der Waals surface area contributed by atoms with Gasteiger partial charge in [-0.3, -0.25) is 4.79 Å². The molecule has 0 aromatic rings. The SMILES string of the molecule is CCC(C)(N)C(=O)NC1CCCCC1CO. The number of carbonyl (C=O) groups is 1. The average molecular weight is 228 g/mol. The van der Waals surface area contributed by atoms with Gasteiger partial charge in [-0.1, -0.05) is 19.8 Å². The van der Waals surface area contributed by atoms with Crippen molar-refractivity contribution in [3.05, 3.63) is 0 Å². The Bertz CT molecular complexity index is 241. The third-order valence-electron chi connectivity index (χ3n) is 3.71. The number of nitrogens with one attached hydrogen (secondary N) is 1. The Balaban J connectivity index is 2.54. The number of amides is 1. The first-order valence-electron chi connectivity index (χ1n) is 6.22. The molecule has 1 rings (SSSR count). The molecule has 3 unspecified atom stereocenters. The van der Waals surface area contributed by atoms with Gasteiger partial charge in [-0.05, 0) is 26.2 Å². The van der Waals surface area contributed by atoms with E-state index in [0.717, 1.165) is 25.7 Å². The molecule has 0 aliphatic heterocycles. The van der Waals surface area contributed by atoms with E-state index < -0.39 is 5.54 Å². The number of hydrogen-bond donors (Lipinski definition) is 3. The van der Waals surface area contributed by atoms with Crippen LogP contribution in [0.25, 0.3) is 0 Å². The van der Waals surface area contributed by atoms with Gasteiger partial charge in [0.1, 0.15) is 0 Å². The number of aliphatic hydroxyl groups is 1. The third-order valence-corrected chi connectivity index (χ3v) is 3.71. The molecule has 94 valence electrons. The molecule has 4 nitrogen and oxygen atoms in total. The van der Waals surface area contributed by atoms with Gasteiger partial charge in [0.15, 0.2) is 0 Å². The van der Waals surface area contributed by atoms with Crippen molar-refractivity contribution < 1.29 is 9.90 Å². The maximum atomic E-state index is 11.9. The predicted octanol–water partition coefficient (Wildman–Crippen LogP) is 0.781. The Labute approximate surface area is 97.6 Å². The molecular formula is C12H24N2O2. The normalized spacial score (nSPS) is 29.5. The Hall–Kier alpha value is -0.610. The van der Waals surface area contributed by atoms with E-state index in [-0.39, 0.29) is 24.5 Å². The molecule has 0 radical (unpaired) electrons. The van der Waals surface area contributed by atoms with Crippen LogP contribution in [0.4, 0.5) is 0 Å². The van der Waals surface area contributed by atoms with Crippen LogP contribution in [0.1, 0.15) is 46.0 Å². The van der Waals surface area contributed by atoms with Gasteiger partial charge in [-0.15, -0.1) is 0 Å². The van der Waals surface area contributed by atoms with Crippen LogP contribution in [0.3, 0.4) is 0 Å². The van der Waals surface area contributed by atoms with Crippen molar-refractivity contribution in [2.75, 3.05) is 6.61 Å². The van der Waals surface area contributed by atoms with E-state index in [4.69, 9.17) is 5.73 Å². The first kappa shape index (κ1) is 13.5. The maximum absolute atomic E-state index is 11.9. The summed E-state index contributed by atoms with van der Waals surface area (Å²) >= 11 is 0. The summed E-state index contributed by atoms with van der Waals surface area (Å²) in [6.07, 6.45) is 4.83. The zero-order valence-electron chi connectivity index (χ0n) is 10.3. The topological polar surface area (TPSA) is 75.4 Å². The molecule has 1 aliphatic rings. The Morgan fingerprint density at radius 1 is 1.50 bits per heavy atom. The second-order valence-electron chi connectivity index (χ2n) is 5.08. The van der Waals surface area contributed by atoms with Gasteiger partial charge in [-0.25, -0.2) is 0 Å². The summed E-state index contributed by atoms with van der Waals surface area (Å²) < 4.78 is 0. The monoisotopic (exact) mass is 228 g/mol. The van der Waals surface area contributed by atoms with Crippen molar-refractivity contribution in [2.45, 2.75) is 57.5 Å². The fourth-order valence-corrected chi connectivity index (χ4v) is 2.11. The number of hydrogen-bond acceptors (Lipinski definition) is 3. The number of rotatable bonds is 4. The van der Waals surface area contributed by atoms with E-state index in [1.54, 1.807) is 6.92 Å². The molecule has 1 aliphatic carbocycles. The van der Waals surface area contributed by atoms with E-state index in [9.17, 15) is 9.90 Å². The number of aliphatic hydroxyl groups excluding tert-OH is 1. The minimum absolute atomic E-state index is 0.0969. The standard InChI is InChI=1S/C12H24N2O2/c1-3-12(2,13)11(16)14-10-7-5-4-6-9(10)8-15/h9-10,15H,3-8,13H2,1-2H3,(H,14,16). The highest BCUT2D eigenvalue weighted by Gasteiger charge is 2.31. The third kappa shape index (κ3) is 3.19. The van der Waals surface area contributed by atoms with E-state index >= 15 is 0 Å². The van der Waals surface area contributed by atoms with Crippen LogP contribution in [0.5, 0.6) is 0 Å².